The van der Waals surface area contributed by atoms with E-state index in [1.807, 2.05) is 13.0 Å². The lowest BCUT2D eigenvalue weighted by molar-refractivity contribution is -0.208. The van der Waals surface area contributed by atoms with Crippen LogP contribution < -0.4 is 0 Å². The Bertz CT molecular complexity index is 673. The second-order valence-electron chi connectivity index (χ2n) is 7.95. The molecule has 0 aromatic carbocycles. The van der Waals surface area contributed by atoms with Crippen molar-refractivity contribution in [2.45, 2.75) is 64.4 Å². The van der Waals surface area contributed by atoms with Gasteiger partial charge in [0.1, 0.15) is 11.7 Å². The van der Waals surface area contributed by atoms with Gasteiger partial charge in [-0.25, -0.2) is 4.79 Å². The molecule has 1 spiro atoms. The largest absolute Gasteiger partial charge is 0.458 e. The number of carbonyl (C=O) groups is 2. The number of ether oxygens (including phenoxy) is 3. The van der Waals surface area contributed by atoms with Crippen LogP contribution in [0.25, 0.3) is 0 Å². The number of carbonyl (C=O) groups excluding carboxylic acids is 2. The van der Waals surface area contributed by atoms with Gasteiger partial charge in [-0.3, -0.25) is 4.79 Å². The van der Waals surface area contributed by atoms with Crippen molar-refractivity contribution < 1.29 is 23.8 Å². The Kier molecular flexibility index (Phi) is 3.20. The SMILES string of the molecule is C/C=C\C(=O)O[C@@H]1C[C@H]2O[C@@H]3C=C(C)C(=O)C[C@]3(C)C1(C)C21CO1. The van der Waals surface area contributed by atoms with Crippen molar-refractivity contribution in [3.63, 3.8) is 0 Å². The van der Waals surface area contributed by atoms with E-state index in [1.54, 1.807) is 13.0 Å². The molecule has 4 rings (SSSR count). The molecule has 0 radical (unpaired) electrons. The van der Waals surface area contributed by atoms with Crippen molar-refractivity contribution >= 4 is 11.8 Å². The number of ketones is 1. The molecular formula is C19H24O5. The van der Waals surface area contributed by atoms with Crippen molar-refractivity contribution in [3.05, 3.63) is 23.8 Å². The molecule has 2 unspecified atom stereocenters. The summed E-state index contributed by atoms with van der Waals surface area (Å²) in [4.78, 5) is 24.5. The third-order valence-corrected chi connectivity index (χ3v) is 6.98. The van der Waals surface area contributed by atoms with Crippen LogP contribution in [0.4, 0.5) is 0 Å². The number of hydrogen-bond acceptors (Lipinski definition) is 5. The first-order valence-corrected chi connectivity index (χ1v) is 8.63. The third kappa shape index (κ3) is 1.72. The number of fused-ring (bicyclic) bond motifs is 2. The number of allylic oxidation sites excluding steroid dienone is 2. The van der Waals surface area contributed by atoms with Crippen LogP contribution in [0.3, 0.4) is 0 Å². The summed E-state index contributed by atoms with van der Waals surface area (Å²) in [6.45, 7) is 8.43. The summed E-state index contributed by atoms with van der Waals surface area (Å²) in [7, 11) is 0. The van der Waals surface area contributed by atoms with E-state index < -0.39 is 16.4 Å². The average Bonchev–Trinajstić information content (AvgIpc) is 3.27. The molecule has 4 aliphatic rings. The Labute approximate surface area is 142 Å². The molecule has 130 valence electrons. The number of Topliss-reactive ketones (excluding diaryl/α,β-unsaturated/α-hetero) is 1. The van der Waals surface area contributed by atoms with Gasteiger partial charge in [-0.1, -0.05) is 19.9 Å². The maximum Gasteiger partial charge on any atom is 0.330 e. The van der Waals surface area contributed by atoms with Gasteiger partial charge >= 0.3 is 5.97 Å². The van der Waals surface area contributed by atoms with Crippen LogP contribution in [-0.2, 0) is 23.8 Å². The predicted molar refractivity (Wildman–Crippen MR) is 86.3 cm³/mol. The van der Waals surface area contributed by atoms with E-state index in [0.29, 0.717) is 19.4 Å². The van der Waals surface area contributed by atoms with Crippen molar-refractivity contribution in [3.8, 4) is 0 Å². The second-order valence-corrected chi connectivity index (χ2v) is 7.95. The summed E-state index contributed by atoms with van der Waals surface area (Å²) >= 11 is 0. The summed E-state index contributed by atoms with van der Waals surface area (Å²) in [5.74, 6) is -0.209. The van der Waals surface area contributed by atoms with E-state index in [9.17, 15) is 9.59 Å². The Morgan fingerprint density at radius 3 is 2.75 bits per heavy atom. The Morgan fingerprint density at radius 2 is 2.12 bits per heavy atom. The first-order chi connectivity index (χ1) is 11.3. The zero-order valence-corrected chi connectivity index (χ0v) is 14.6. The summed E-state index contributed by atoms with van der Waals surface area (Å²) in [5.41, 5.74) is -0.569. The molecular weight excluding hydrogens is 308 g/mol. The molecule has 2 aliphatic carbocycles. The minimum absolute atomic E-state index is 0.0961. The lowest BCUT2D eigenvalue weighted by atomic mass is 9.52. The minimum atomic E-state index is -0.450. The molecule has 6 atom stereocenters. The summed E-state index contributed by atoms with van der Waals surface area (Å²) < 4.78 is 18.1. The molecule has 3 fully saturated rings. The molecule has 0 N–H and O–H groups in total. The van der Waals surface area contributed by atoms with E-state index in [4.69, 9.17) is 14.2 Å². The molecule has 24 heavy (non-hydrogen) atoms. The molecule has 0 aromatic rings. The highest BCUT2D eigenvalue weighted by molar-refractivity contribution is 5.96. The lowest BCUT2D eigenvalue weighted by Crippen LogP contribution is -2.64. The molecule has 2 bridgehead atoms. The number of epoxide rings is 1. The van der Waals surface area contributed by atoms with Crippen LogP contribution in [0.2, 0.25) is 0 Å². The zero-order chi connectivity index (χ0) is 17.3. The Morgan fingerprint density at radius 1 is 1.42 bits per heavy atom. The van der Waals surface area contributed by atoms with Crippen LogP contribution in [0.5, 0.6) is 0 Å². The van der Waals surface area contributed by atoms with Gasteiger partial charge in [0.2, 0.25) is 0 Å². The molecule has 5 nitrogen and oxygen atoms in total. The van der Waals surface area contributed by atoms with E-state index >= 15 is 0 Å². The van der Waals surface area contributed by atoms with E-state index in [0.717, 1.165) is 5.57 Å². The van der Waals surface area contributed by atoms with Gasteiger partial charge in [0.25, 0.3) is 0 Å². The van der Waals surface area contributed by atoms with Gasteiger partial charge in [-0.15, -0.1) is 0 Å². The van der Waals surface area contributed by atoms with Gasteiger partial charge in [-0.2, -0.15) is 0 Å². The average molecular weight is 332 g/mol. The van der Waals surface area contributed by atoms with Gasteiger partial charge in [0.05, 0.1) is 18.8 Å². The molecule has 0 amide bonds. The van der Waals surface area contributed by atoms with Crippen LogP contribution in [-0.4, -0.2) is 42.3 Å². The smallest absolute Gasteiger partial charge is 0.330 e. The summed E-state index contributed by atoms with van der Waals surface area (Å²) in [6.07, 6.45) is 5.51. The molecule has 1 saturated carbocycles. The predicted octanol–water partition coefficient (Wildman–Crippen LogP) is 2.35. The number of hydrogen-bond donors (Lipinski definition) is 0. The van der Waals surface area contributed by atoms with E-state index in [-0.39, 0.29) is 30.1 Å². The lowest BCUT2D eigenvalue weighted by Gasteiger charge is -2.56. The fourth-order valence-corrected chi connectivity index (χ4v) is 5.21. The van der Waals surface area contributed by atoms with E-state index in [1.165, 1.54) is 6.08 Å². The highest BCUT2D eigenvalue weighted by Crippen LogP contribution is 2.71. The maximum absolute atomic E-state index is 12.5. The minimum Gasteiger partial charge on any atom is -0.458 e. The van der Waals surface area contributed by atoms with Gasteiger partial charge in [-0.05, 0) is 25.5 Å². The molecule has 2 saturated heterocycles. The number of esters is 1. The fraction of sp³-hybridized carbons (Fsp3) is 0.684. The Balaban J connectivity index is 1.78. The standard InChI is InChI=1S/C19H24O5/c1-5-6-16(21)24-14-8-15-19(10-22-19)18(14,4)17(3)9-12(20)11(2)7-13(17)23-15/h5-7,13-15H,8-10H2,1-4H3/b6-5-/t13-,14-,15-,17+,18?,19?/m1/s1. The number of rotatable bonds is 2. The quantitative estimate of drug-likeness (QED) is 0.441. The van der Waals surface area contributed by atoms with Crippen molar-refractivity contribution in [1.29, 1.82) is 0 Å². The Hall–Kier alpha value is -1.46. The van der Waals surface area contributed by atoms with Crippen molar-refractivity contribution in [1.82, 2.24) is 0 Å². The van der Waals surface area contributed by atoms with Crippen LogP contribution >= 0.6 is 0 Å². The highest BCUT2D eigenvalue weighted by Gasteiger charge is 2.82. The van der Waals surface area contributed by atoms with Gasteiger partial charge in [0, 0.05) is 29.7 Å². The highest BCUT2D eigenvalue weighted by atomic mass is 16.6. The van der Waals surface area contributed by atoms with Crippen molar-refractivity contribution in [2.24, 2.45) is 10.8 Å². The van der Waals surface area contributed by atoms with E-state index in [2.05, 4.69) is 13.8 Å². The zero-order valence-electron chi connectivity index (χ0n) is 14.6. The summed E-state index contributed by atoms with van der Waals surface area (Å²) in [6, 6.07) is 0. The van der Waals surface area contributed by atoms with Crippen LogP contribution in [0.15, 0.2) is 23.8 Å². The fourth-order valence-electron chi connectivity index (χ4n) is 5.21. The molecule has 5 heteroatoms. The van der Waals surface area contributed by atoms with Gasteiger partial charge < -0.3 is 14.2 Å². The first-order valence-electron chi connectivity index (χ1n) is 8.63. The maximum atomic E-state index is 12.5. The van der Waals surface area contributed by atoms with Gasteiger partial charge in [0.15, 0.2) is 5.78 Å². The van der Waals surface area contributed by atoms with Crippen LogP contribution in [0, 0.1) is 10.8 Å². The first kappa shape index (κ1) is 16.0. The summed E-state index contributed by atoms with van der Waals surface area (Å²) in [5, 5.41) is 0. The normalized spacial score (nSPS) is 49.2. The van der Waals surface area contributed by atoms with Crippen molar-refractivity contribution in [2.75, 3.05) is 6.61 Å². The monoisotopic (exact) mass is 332 g/mol. The molecule has 2 heterocycles. The third-order valence-electron chi connectivity index (χ3n) is 6.98. The topological polar surface area (TPSA) is 65.1 Å². The molecule has 0 aromatic heterocycles. The molecule has 2 aliphatic heterocycles. The second kappa shape index (κ2) is 4.79. The van der Waals surface area contributed by atoms with Crippen LogP contribution in [0.1, 0.15) is 40.5 Å².